The molecule has 1 saturated heterocycles. The van der Waals surface area contributed by atoms with Gasteiger partial charge in [0.2, 0.25) is 0 Å². The molecule has 1 heterocycles. The van der Waals surface area contributed by atoms with Crippen LogP contribution in [0.1, 0.15) is 29.2 Å². The van der Waals surface area contributed by atoms with Gasteiger partial charge in [-0.1, -0.05) is 24.6 Å². The number of esters is 1. The minimum atomic E-state index is -0.134. The second-order valence-corrected chi connectivity index (χ2v) is 6.79. The molecule has 1 aliphatic rings. The number of nitrogens with one attached hydrogen (secondary N) is 1. The van der Waals surface area contributed by atoms with Gasteiger partial charge in [0, 0.05) is 26.7 Å². The van der Waals surface area contributed by atoms with Gasteiger partial charge in [-0.25, -0.2) is 0 Å². The van der Waals surface area contributed by atoms with Crippen LogP contribution in [0.25, 0.3) is 0 Å². The Morgan fingerprint density at radius 3 is 2.46 bits per heavy atom. The van der Waals surface area contributed by atoms with E-state index >= 15 is 0 Å². The van der Waals surface area contributed by atoms with E-state index in [-0.39, 0.29) is 17.8 Å². The topological polar surface area (TPSA) is 53.9 Å². The van der Waals surface area contributed by atoms with E-state index in [1.165, 1.54) is 29.4 Å². The lowest BCUT2D eigenvalue weighted by atomic mass is 9.99. The third-order valence-corrected chi connectivity index (χ3v) is 4.89. The van der Waals surface area contributed by atoms with Crippen LogP contribution < -0.4 is 5.32 Å². The monoisotopic (exact) mass is 331 g/mol. The predicted octanol–water partition coefficient (Wildman–Crippen LogP) is 2.43. The van der Waals surface area contributed by atoms with Gasteiger partial charge in [0.25, 0.3) is 0 Å². The Labute approximate surface area is 145 Å². The molecule has 0 spiro atoms. The van der Waals surface area contributed by atoms with Gasteiger partial charge in [0.1, 0.15) is 0 Å². The second-order valence-electron chi connectivity index (χ2n) is 6.79. The molecule has 1 fully saturated rings. The number of nitrogens with zero attached hydrogens (tertiary/aromatic N) is 2. The molecular formula is C19H29N3O2. The number of carbonyl (C=O) groups excluding carboxylic acids is 1. The Morgan fingerprint density at radius 2 is 1.92 bits per heavy atom. The molecular weight excluding hydrogens is 302 g/mol. The van der Waals surface area contributed by atoms with Gasteiger partial charge < -0.3 is 15.0 Å². The quantitative estimate of drug-likeness (QED) is 0.525. The maximum atomic E-state index is 11.9. The normalized spacial score (nSPS) is 21.1. The molecule has 0 radical (unpaired) electrons. The molecule has 2 unspecified atom stereocenters. The number of ether oxygens (including phenoxy) is 1. The highest BCUT2D eigenvalue weighted by Gasteiger charge is 2.36. The van der Waals surface area contributed by atoms with Crippen molar-refractivity contribution in [1.29, 1.82) is 0 Å². The van der Waals surface area contributed by atoms with E-state index in [0.29, 0.717) is 6.54 Å². The van der Waals surface area contributed by atoms with E-state index in [9.17, 15) is 4.79 Å². The summed E-state index contributed by atoms with van der Waals surface area (Å²) in [4.78, 5) is 18.4. The van der Waals surface area contributed by atoms with Gasteiger partial charge in [-0.15, -0.1) is 0 Å². The lowest BCUT2D eigenvalue weighted by Crippen LogP contribution is -2.40. The van der Waals surface area contributed by atoms with Crippen molar-refractivity contribution in [2.24, 2.45) is 16.8 Å². The van der Waals surface area contributed by atoms with E-state index < -0.39 is 0 Å². The Bertz CT molecular complexity index is 616. The summed E-state index contributed by atoms with van der Waals surface area (Å²) in [6.07, 6.45) is 0. The zero-order chi connectivity index (χ0) is 17.9. The minimum Gasteiger partial charge on any atom is -0.469 e. The van der Waals surface area contributed by atoms with Crippen molar-refractivity contribution < 1.29 is 9.53 Å². The number of hydrogen-bond acceptors (Lipinski definition) is 3. The Morgan fingerprint density at radius 1 is 1.29 bits per heavy atom. The van der Waals surface area contributed by atoms with Crippen LogP contribution in [-0.4, -0.2) is 44.1 Å². The molecule has 2 rings (SSSR count). The van der Waals surface area contributed by atoms with E-state index in [1.807, 2.05) is 0 Å². The fourth-order valence-electron chi connectivity index (χ4n) is 3.59. The number of carbonyl (C=O) groups is 1. The second kappa shape index (κ2) is 7.69. The van der Waals surface area contributed by atoms with Crippen molar-refractivity contribution in [3.8, 4) is 0 Å². The number of rotatable bonds is 3. The summed E-state index contributed by atoms with van der Waals surface area (Å²) < 4.78 is 4.91. The van der Waals surface area contributed by atoms with E-state index in [2.05, 4.69) is 55.0 Å². The molecule has 0 aliphatic carbocycles. The lowest BCUT2D eigenvalue weighted by Gasteiger charge is -2.22. The SMILES string of the molecule is CN=C(NCc1c(C)cc(C)cc1C)N1CC(C)C(C(=O)OC)C1. The van der Waals surface area contributed by atoms with Crippen molar-refractivity contribution >= 4 is 11.9 Å². The van der Waals surface area contributed by atoms with Crippen molar-refractivity contribution in [3.05, 3.63) is 34.4 Å². The van der Waals surface area contributed by atoms with Gasteiger partial charge >= 0.3 is 5.97 Å². The molecule has 5 heteroatoms. The smallest absolute Gasteiger partial charge is 0.310 e. The molecule has 0 aromatic heterocycles. The van der Waals surface area contributed by atoms with Crippen LogP contribution in [0, 0.1) is 32.6 Å². The summed E-state index contributed by atoms with van der Waals surface area (Å²) in [5.41, 5.74) is 5.17. The maximum Gasteiger partial charge on any atom is 0.310 e. The first kappa shape index (κ1) is 18.3. The fourth-order valence-corrected chi connectivity index (χ4v) is 3.59. The first-order chi connectivity index (χ1) is 11.4. The average molecular weight is 331 g/mol. The molecule has 1 N–H and O–H groups in total. The van der Waals surface area contributed by atoms with Crippen molar-refractivity contribution in [1.82, 2.24) is 10.2 Å². The molecule has 24 heavy (non-hydrogen) atoms. The van der Waals surface area contributed by atoms with Crippen LogP contribution in [0.15, 0.2) is 17.1 Å². The van der Waals surface area contributed by atoms with Crippen molar-refractivity contribution in [2.45, 2.75) is 34.2 Å². The van der Waals surface area contributed by atoms with Gasteiger partial charge in [0.05, 0.1) is 13.0 Å². The van der Waals surface area contributed by atoms with Gasteiger partial charge in [0.15, 0.2) is 5.96 Å². The van der Waals surface area contributed by atoms with Gasteiger partial charge in [-0.3, -0.25) is 9.79 Å². The van der Waals surface area contributed by atoms with Crippen molar-refractivity contribution in [2.75, 3.05) is 27.2 Å². The molecule has 0 bridgehead atoms. The number of likely N-dealkylation sites (tertiary alicyclic amines) is 1. The van der Waals surface area contributed by atoms with Crippen LogP contribution in [0.5, 0.6) is 0 Å². The van der Waals surface area contributed by atoms with Crippen LogP contribution in [0.4, 0.5) is 0 Å². The third kappa shape index (κ3) is 3.89. The molecule has 1 aromatic carbocycles. The zero-order valence-corrected chi connectivity index (χ0v) is 15.6. The number of aliphatic imine (C=N–C) groups is 1. The highest BCUT2D eigenvalue weighted by Crippen LogP contribution is 2.24. The molecule has 1 aliphatic heterocycles. The van der Waals surface area contributed by atoms with Gasteiger partial charge in [-0.2, -0.15) is 0 Å². The van der Waals surface area contributed by atoms with Crippen LogP contribution in [0.3, 0.4) is 0 Å². The molecule has 1 aromatic rings. The zero-order valence-electron chi connectivity index (χ0n) is 15.6. The molecule has 5 nitrogen and oxygen atoms in total. The molecule has 0 saturated carbocycles. The first-order valence-corrected chi connectivity index (χ1v) is 8.47. The largest absolute Gasteiger partial charge is 0.469 e. The van der Waals surface area contributed by atoms with Gasteiger partial charge in [-0.05, 0) is 43.4 Å². The Kier molecular flexibility index (Phi) is 5.86. The Hall–Kier alpha value is -2.04. The highest BCUT2D eigenvalue weighted by molar-refractivity contribution is 5.82. The number of benzene rings is 1. The van der Waals surface area contributed by atoms with E-state index in [1.54, 1.807) is 7.05 Å². The van der Waals surface area contributed by atoms with Crippen LogP contribution in [-0.2, 0) is 16.1 Å². The number of aryl methyl sites for hydroxylation is 3. The van der Waals surface area contributed by atoms with Crippen molar-refractivity contribution in [3.63, 3.8) is 0 Å². The summed E-state index contributed by atoms with van der Waals surface area (Å²) in [6.45, 7) is 10.7. The summed E-state index contributed by atoms with van der Waals surface area (Å²) in [6, 6.07) is 4.41. The fraction of sp³-hybridized carbons (Fsp3) is 0.579. The predicted molar refractivity (Wildman–Crippen MR) is 97.1 cm³/mol. The molecule has 0 amide bonds. The number of methoxy groups -OCH3 is 1. The number of hydrogen-bond donors (Lipinski definition) is 1. The molecule has 2 atom stereocenters. The standard InChI is InChI=1S/C19H29N3O2/c1-12-7-13(2)16(14(3)8-12)9-21-19(20-5)22-10-15(4)17(11-22)18(23)24-6/h7-8,15,17H,9-11H2,1-6H3,(H,20,21). The number of guanidine groups is 1. The lowest BCUT2D eigenvalue weighted by molar-refractivity contribution is -0.145. The Balaban J connectivity index is 2.05. The summed E-state index contributed by atoms with van der Waals surface area (Å²) >= 11 is 0. The van der Waals surface area contributed by atoms with E-state index in [4.69, 9.17) is 4.74 Å². The molecule has 132 valence electrons. The first-order valence-electron chi connectivity index (χ1n) is 8.47. The maximum absolute atomic E-state index is 11.9. The summed E-state index contributed by atoms with van der Waals surface area (Å²) in [5, 5.41) is 3.45. The highest BCUT2D eigenvalue weighted by atomic mass is 16.5. The summed E-state index contributed by atoms with van der Waals surface area (Å²) in [7, 11) is 3.24. The van der Waals surface area contributed by atoms with Crippen LogP contribution in [0.2, 0.25) is 0 Å². The van der Waals surface area contributed by atoms with E-state index in [0.717, 1.165) is 19.0 Å². The summed E-state index contributed by atoms with van der Waals surface area (Å²) in [5.74, 6) is 0.883. The third-order valence-electron chi connectivity index (χ3n) is 4.89. The average Bonchev–Trinajstić information content (AvgIpc) is 2.91. The van der Waals surface area contributed by atoms with Crippen LogP contribution >= 0.6 is 0 Å². The minimum absolute atomic E-state index is 0.0867.